The molecule has 4 heteroatoms. The molecular weight excluding hydrogens is 231 g/mol. The van der Waals surface area contributed by atoms with E-state index >= 15 is 0 Å². The molecule has 1 aromatic rings. The summed E-state index contributed by atoms with van der Waals surface area (Å²) in [6.45, 7) is 3.92. The summed E-state index contributed by atoms with van der Waals surface area (Å²) in [5.74, 6) is -0.773. The van der Waals surface area contributed by atoms with Crippen LogP contribution < -0.4 is 10.2 Å². The zero-order chi connectivity index (χ0) is 12.8. The Bertz CT molecular complexity index is 403. The van der Waals surface area contributed by atoms with Gasteiger partial charge in [-0.2, -0.15) is 0 Å². The molecule has 0 aromatic heterocycles. The van der Waals surface area contributed by atoms with Crippen LogP contribution in [0.1, 0.15) is 29.6 Å². The number of halogens is 1. The van der Waals surface area contributed by atoms with Crippen LogP contribution in [0, 0.1) is 5.82 Å². The molecule has 2 N–H and O–H groups in total. The highest BCUT2D eigenvalue weighted by Gasteiger charge is 2.14. The molecule has 0 bridgehead atoms. The average molecular weight is 251 g/mol. The van der Waals surface area contributed by atoms with Crippen molar-refractivity contribution in [2.45, 2.75) is 19.3 Å². The Labute approximate surface area is 107 Å². The number of piperidine rings is 1. The standard InChI is InChI=1S/C14H19FN2O/c15-13-7-3-2-6-12(13)14(18)16-8-11-17-9-4-1-5-10-17/h2-3,6-7H,1,4-5,8-11H2,(H,16,18)/p+1. The van der Waals surface area contributed by atoms with Crippen molar-refractivity contribution in [1.82, 2.24) is 5.32 Å². The van der Waals surface area contributed by atoms with Crippen LogP contribution >= 0.6 is 0 Å². The summed E-state index contributed by atoms with van der Waals surface area (Å²) < 4.78 is 13.4. The number of benzene rings is 1. The summed E-state index contributed by atoms with van der Waals surface area (Å²) >= 11 is 0. The van der Waals surface area contributed by atoms with E-state index in [2.05, 4.69) is 5.32 Å². The molecule has 1 amide bonds. The van der Waals surface area contributed by atoms with Gasteiger partial charge >= 0.3 is 0 Å². The maximum absolute atomic E-state index is 13.4. The summed E-state index contributed by atoms with van der Waals surface area (Å²) in [5, 5.41) is 2.79. The minimum atomic E-state index is -0.458. The molecule has 2 rings (SSSR count). The lowest BCUT2D eigenvalue weighted by Crippen LogP contribution is -3.13. The Kier molecular flexibility index (Phi) is 4.70. The number of hydrogen-bond acceptors (Lipinski definition) is 1. The molecule has 0 aliphatic carbocycles. The average Bonchev–Trinajstić information content (AvgIpc) is 2.40. The van der Waals surface area contributed by atoms with E-state index in [4.69, 9.17) is 0 Å². The zero-order valence-electron chi connectivity index (χ0n) is 10.5. The molecule has 1 heterocycles. The predicted octanol–water partition coefficient (Wildman–Crippen LogP) is 0.624. The SMILES string of the molecule is O=C(NCC[NH+]1CCCCC1)c1ccccc1F. The lowest BCUT2D eigenvalue weighted by Gasteiger charge is -2.23. The third kappa shape index (κ3) is 3.53. The lowest BCUT2D eigenvalue weighted by atomic mass is 10.1. The van der Waals surface area contributed by atoms with Crippen molar-refractivity contribution in [2.24, 2.45) is 0 Å². The van der Waals surface area contributed by atoms with Crippen LogP contribution in [0.5, 0.6) is 0 Å². The van der Waals surface area contributed by atoms with Gasteiger partial charge in [-0.3, -0.25) is 4.79 Å². The van der Waals surface area contributed by atoms with E-state index in [0.29, 0.717) is 6.54 Å². The van der Waals surface area contributed by atoms with Gasteiger partial charge < -0.3 is 10.2 Å². The number of rotatable bonds is 4. The van der Waals surface area contributed by atoms with E-state index in [1.807, 2.05) is 0 Å². The van der Waals surface area contributed by atoms with Crippen LogP contribution in [-0.2, 0) is 0 Å². The summed E-state index contributed by atoms with van der Waals surface area (Å²) in [6, 6.07) is 6.08. The van der Waals surface area contributed by atoms with Crippen LogP contribution in [-0.4, -0.2) is 32.1 Å². The number of nitrogens with one attached hydrogen (secondary N) is 2. The summed E-state index contributed by atoms with van der Waals surface area (Å²) in [6.07, 6.45) is 3.87. The van der Waals surface area contributed by atoms with Crippen LogP contribution in [0.4, 0.5) is 4.39 Å². The van der Waals surface area contributed by atoms with Crippen LogP contribution in [0.25, 0.3) is 0 Å². The second kappa shape index (κ2) is 6.50. The Morgan fingerprint density at radius 1 is 1.22 bits per heavy atom. The van der Waals surface area contributed by atoms with Crippen molar-refractivity contribution in [1.29, 1.82) is 0 Å². The second-order valence-corrected chi connectivity index (χ2v) is 4.80. The number of likely N-dealkylation sites (tertiary alicyclic amines) is 1. The first-order chi connectivity index (χ1) is 8.77. The predicted molar refractivity (Wildman–Crippen MR) is 68.1 cm³/mol. The molecule has 1 aromatic carbocycles. The number of amides is 1. The summed E-state index contributed by atoms with van der Waals surface area (Å²) in [5.41, 5.74) is 0.131. The van der Waals surface area contributed by atoms with E-state index in [1.54, 1.807) is 12.1 Å². The largest absolute Gasteiger partial charge is 0.346 e. The van der Waals surface area contributed by atoms with E-state index in [0.717, 1.165) is 6.54 Å². The van der Waals surface area contributed by atoms with Crippen molar-refractivity contribution < 1.29 is 14.1 Å². The molecule has 0 saturated carbocycles. The fourth-order valence-corrected chi connectivity index (χ4v) is 2.40. The fourth-order valence-electron chi connectivity index (χ4n) is 2.40. The van der Waals surface area contributed by atoms with E-state index in [1.165, 1.54) is 49.4 Å². The molecule has 3 nitrogen and oxygen atoms in total. The molecule has 1 fully saturated rings. The first-order valence-electron chi connectivity index (χ1n) is 6.63. The number of carbonyl (C=O) groups excluding carboxylic acids is 1. The van der Waals surface area contributed by atoms with Gasteiger partial charge in [0.1, 0.15) is 5.82 Å². The lowest BCUT2D eigenvalue weighted by molar-refractivity contribution is -0.903. The van der Waals surface area contributed by atoms with Gasteiger partial charge in [0.15, 0.2) is 0 Å². The molecule has 1 saturated heterocycles. The maximum atomic E-state index is 13.4. The molecule has 98 valence electrons. The minimum Gasteiger partial charge on any atom is -0.346 e. The van der Waals surface area contributed by atoms with Crippen molar-refractivity contribution in [3.05, 3.63) is 35.6 Å². The second-order valence-electron chi connectivity index (χ2n) is 4.80. The Hall–Kier alpha value is -1.42. The third-order valence-corrected chi connectivity index (χ3v) is 3.44. The first kappa shape index (κ1) is 13.0. The molecule has 0 radical (unpaired) electrons. The molecule has 1 aliphatic rings. The van der Waals surface area contributed by atoms with Crippen molar-refractivity contribution >= 4 is 5.91 Å². The molecule has 1 aliphatic heterocycles. The van der Waals surface area contributed by atoms with Gasteiger partial charge in [0.25, 0.3) is 5.91 Å². The Balaban J connectivity index is 1.76. The Morgan fingerprint density at radius 2 is 1.94 bits per heavy atom. The van der Waals surface area contributed by atoms with E-state index < -0.39 is 5.82 Å². The highest BCUT2D eigenvalue weighted by Crippen LogP contribution is 2.05. The fraction of sp³-hybridized carbons (Fsp3) is 0.500. The highest BCUT2D eigenvalue weighted by molar-refractivity contribution is 5.94. The number of hydrogen-bond donors (Lipinski definition) is 2. The van der Waals surface area contributed by atoms with Gasteiger partial charge in [-0.15, -0.1) is 0 Å². The molecular formula is C14H20FN2O+. The molecule has 18 heavy (non-hydrogen) atoms. The van der Waals surface area contributed by atoms with E-state index in [9.17, 15) is 9.18 Å². The van der Waals surface area contributed by atoms with E-state index in [-0.39, 0.29) is 11.5 Å². The van der Waals surface area contributed by atoms with Crippen LogP contribution in [0.15, 0.2) is 24.3 Å². The summed E-state index contributed by atoms with van der Waals surface area (Å²) in [7, 11) is 0. The van der Waals surface area contributed by atoms with Gasteiger partial charge in [-0.25, -0.2) is 4.39 Å². The summed E-state index contributed by atoms with van der Waals surface area (Å²) in [4.78, 5) is 13.3. The maximum Gasteiger partial charge on any atom is 0.254 e. The smallest absolute Gasteiger partial charge is 0.254 e. The van der Waals surface area contributed by atoms with Crippen LogP contribution in [0.3, 0.4) is 0 Å². The third-order valence-electron chi connectivity index (χ3n) is 3.44. The van der Waals surface area contributed by atoms with Crippen molar-refractivity contribution in [3.63, 3.8) is 0 Å². The minimum absolute atomic E-state index is 0.131. The molecule has 0 spiro atoms. The van der Waals surface area contributed by atoms with Gasteiger partial charge in [0, 0.05) is 0 Å². The molecule has 0 atom stereocenters. The van der Waals surface area contributed by atoms with Gasteiger partial charge in [-0.1, -0.05) is 12.1 Å². The van der Waals surface area contributed by atoms with Gasteiger partial charge in [0.05, 0.1) is 31.7 Å². The monoisotopic (exact) mass is 251 g/mol. The zero-order valence-corrected chi connectivity index (χ0v) is 10.5. The van der Waals surface area contributed by atoms with Crippen LogP contribution in [0.2, 0.25) is 0 Å². The van der Waals surface area contributed by atoms with Crippen molar-refractivity contribution in [2.75, 3.05) is 26.2 Å². The Morgan fingerprint density at radius 3 is 2.67 bits per heavy atom. The normalized spacial score (nSPS) is 16.5. The highest BCUT2D eigenvalue weighted by atomic mass is 19.1. The molecule has 0 unspecified atom stereocenters. The number of carbonyl (C=O) groups is 1. The van der Waals surface area contributed by atoms with Crippen molar-refractivity contribution in [3.8, 4) is 0 Å². The number of quaternary nitrogens is 1. The first-order valence-corrected chi connectivity index (χ1v) is 6.63. The van der Waals surface area contributed by atoms with Gasteiger partial charge in [-0.05, 0) is 31.4 Å². The topological polar surface area (TPSA) is 33.5 Å². The van der Waals surface area contributed by atoms with Gasteiger partial charge in [0.2, 0.25) is 0 Å². The quantitative estimate of drug-likeness (QED) is 0.808.